The second kappa shape index (κ2) is 4.14. The van der Waals surface area contributed by atoms with Gasteiger partial charge in [0.25, 0.3) is 0 Å². The summed E-state index contributed by atoms with van der Waals surface area (Å²) in [4.78, 5) is 8.11. The van der Waals surface area contributed by atoms with Gasteiger partial charge in [-0.3, -0.25) is 0 Å². The first-order chi connectivity index (χ1) is 7.63. The highest BCUT2D eigenvalue weighted by molar-refractivity contribution is 5.58. The summed E-state index contributed by atoms with van der Waals surface area (Å²) < 4.78 is 12.7. The largest absolute Gasteiger partial charge is 0.384 e. The number of halogens is 1. The molecule has 3 N–H and O–H groups in total. The summed E-state index contributed by atoms with van der Waals surface area (Å²) in [6.07, 6.45) is 0. The quantitative estimate of drug-likeness (QED) is 0.811. The van der Waals surface area contributed by atoms with Crippen LogP contribution in [0.1, 0.15) is 5.82 Å². The summed E-state index contributed by atoms with van der Waals surface area (Å²) in [6, 6.07) is 7.63. The highest BCUT2D eigenvalue weighted by Gasteiger charge is 2.00. The molecule has 16 heavy (non-hydrogen) atoms. The van der Waals surface area contributed by atoms with Crippen LogP contribution in [-0.4, -0.2) is 9.97 Å². The second-order valence-electron chi connectivity index (χ2n) is 3.36. The molecule has 0 atom stereocenters. The molecule has 4 nitrogen and oxygen atoms in total. The van der Waals surface area contributed by atoms with E-state index in [1.165, 1.54) is 12.1 Å². The molecule has 1 aromatic heterocycles. The molecule has 0 fully saturated rings. The van der Waals surface area contributed by atoms with Crippen LogP contribution in [0.15, 0.2) is 30.3 Å². The Kier molecular flexibility index (Phi) is 2.68. The number of nitrogens with one attached hydrogen (secondary N) is 1. The molecule has 0 bridgehead atoms. The summed E-state index contributed by atoms with van der Waals surface area (Å²) in [6.45, 7) is 1.76. The maximum Gasteiger partial charge on any atom is 0.136 e. The van der Waals surface area contributed by atoms with Crippen LogP contribution in [0.3, 0.4) is 0 Å². The number of benzene rings is 1. The van der Waals surface area contributed by atoms with Crippen LogP contribution < -0.4 is 11.1 Å². The van der Waals surface area contributed by atoms with Crippen LogP contribution in [0, 0.1) is 12.7 Å². The van der Waals surface area contributed by atoms with E-state index in [1.54, 1.807) is 25.1 Å². The molecular weight excluding hydrogens is 207 g/mol. The predicted octanol–water partition coefficient (Wildman–Crippen LogP) is 2.25. The van der Waals surface area contributed by atoms with Crippen LogP contribution in [-0.2, 0) is 0 Å². The van der Waals surface area contributed by atoms with Gasteiger partial charge in [-0.05, 0) is 31.2 Å². The number of rotatable bonds is 2. The van der Waals surface area contributed by atoms with E-state index < -0.39 is 0 Å². The van der Waals surface area contributed by atoms with Crippen LogP contribution in [0.5, 0.6) is 0 Å². The van der Waals surface area contributed by atoms with Crippen molar-refractivity contribution in [1.29, 1.82) is 0 Å². The van der Waals surface area contributed by atoms with E-state index in [2.05, 4.69) is 15.3 Å². The summed E-state index contributed by atoms with van der Waals surface area (Å²) in [5.74, 6) is 1.31. The number of nitrogens with zero attached hydrogens (tertiary/aromatic N) is 2. The highest BCUT2D eigenvalue weighted by Crippen LogP contribution is 2.16. The Balaban J connectivity index is 2.23. The summed E-state index contributed by atoms with van der Waals surface area (Å²) in [5, 5.41) is 3.01. The van der Waals surface area contributed by atoms with Crippen molar-refractivity contribution >= 4 is 17.3 Å². The van der Waals surface area contributed by atoms with Crippen molar-refractivity contribution in [2.24, 2.45) is 0 Å². The van der Waals surface area contributed by atoms with Gasteiger partial charge >= 0.3 is 0 Å². The standard InChI is InChI=1S/C11H11FN4/c1-7-14-10(13)6-11(15-7)16-9-4-2-8(12)3-5-9/h2-6H,1H3,(H3,13,14,15,16). The lowest BCUT2D eigenvalue weighted by atomic mass is 10.3. The Morgan fingerprint density at radius 1 is 1.19 bits per heavy atom. The third-order valence-electron chi connectivity index (χ3n) is 1.97. The molecule has 0 aliphatic carbocycles. The molecule has 82 valence electrons. The van der Waals surface area contributed by atoms with Gasteiger partial charge in [0.05, 0.1) is 0 Å². The normalized spacial score (nSPS) is 10.1. The monoisotopic (exact) mass is 218 g/mol. The van der Waals surface area contributed by atoms with E-state index in [9.17, 15) is 4.39 Å². The van der Waals surface area contributed by atoms with Gasteiger partial charge in [-0.15, -0.1) is 0 Å². The molecule has 5 heteroatoms. The molecule has 0 saturated carbocycles. The fraction of sp³-hybridized carbons (Fsp3) is 0.0909. The fourth-order valence-electron chi connectivity index (χ4n) is 1.34. The fourth-order valence-corrected chi connectivity index (χ4v) is 1.34. The number of aromatic nitrogens is 2. The first-order valence-corrected chi connectivity index (χ1v) is 4.77. The van der Waals surface area contributed by atoms with Gasteiger partial charge in [-0.2, -0.15) is 0 Å². The lowest BCUT2D eigenvalue weighted by molar-refractivity contribution is 0.628. The zero-order chi connectivity index (χ0) is 11.5. The van der Waals surface area contributed by atoms with Gasteiger partial charge < -0.3 is 11.1 Å². The summed E-state index contributed by atoms with van der Waals surface area (Å²) >= 11 is 0. The second-order valence-corrected chi connectivity index (χ2v) is 3.36. The minimum absolute atomic E-state index is 0.274. The maximum atomic E-state index is 12.7. The van der Waals surface area contributed by atoms with Gasteiger partial charge in [-0.1, -0.05) is 0 Å². The zero-order valence-corrected chi connectivity index (χ0v) is 8.74. The smallest absolute Gasteiger partial charge is 0.136 e. The van der Waals surface area contributed by atoms with Gasteiger partial charge in [-0.25, -0.2) is 14.4 Å². The molecule has 0 amide bonds. The van der Waals surface area contributed by atoms with E-state index >= 15 is 0 Å². The topological polar surface area (TPSA) is 63.8 Å². The third kappa shape index (κ3) is 2.44. The number of nitrogens with two attached hydrogens (primary N) is 1. The van der Waals surface area contributed by atoms with Gasteiger partial charge in [0.2, 0.25) is 0 Å². The van der Waals surface area contributed by atoms with Gasteiger partial charge in [0.15, 0.2) is 0 Å². The minimum Gasteiger partial charge on any atom is -0.384 e. The average molecular weight is 218 g/mol. The number of anilines is 3. The van der Waals surface area contributed by atoms with E-state index in [0.717, 1.165) is 5.69 Å². The number of aryl methyl sites for hydroxylation is 1. The Bertz CT molecular complexity index is 476. The first kappa shape index (κ1) is 10.4. The van der Waals surface area contributed by atoms with Crippen LogP contribution in [0.25, 0.3) is 0 Å². The van der Waals surface area contributed by atoms with Crippen molar-refractivity contribution < 1.29 is 4.39 Å². The third-order valence-corrected chi connectivity index (χ3v) is 1.97. The number of nitrogen functional groups attached to an aromatic ring is 1. The van der Waals surface area contributed by atoms with E-state index in [4.69, 9.17) is 5.73 Å². The average Bonchev–Trinajstić information content (AvgIpc) is 2.20. The number of hydrogen-bond acceptors (Lipinski definition) is 4. The van der Waals surface area contributed by atoms with Crippen molar-refractivity contribution in [2.45, 2.75) is 6.92 Å². The number of hydrogen-bond donors (Lipinski definition) is 2. The van der Waals surface area contributed by atoms with E-state index in [0.29, 0.717) is 17.5 Å². The van der Waals surface area contributed by atoms with Crippen molar-refractivity contribution in [2.75, 3.05) is 11.1 Å². The SMILES string of the molecule is Cc1nc(N)cc(Nc2ccc(F)cc2)n1. The molecule has 2 rings (SSSR count). The Labute approximate surface area is 92.3 Å². The Morgan fingerprint density at radius 3 is 2.50 bits per heavy atom. The molecule has 0 radical (unpaired) electrons. The van der Waals surface area contributed by atoms with Crippen LogP contribution >= 0.6 is 0 Å². The van der Waals surface area contributed by atoms with E-state index in [1.807, 2.05) is 0 Å². The predicted molar refractivity (Wildman–Crippen MR) is 60.9 cm³/mol. The molecule has 0 aliphatic rings. The molecule has 0 aliphatic heterocycles. The highest BCUT2D eigenvalue weighted by atomic mass is 19.1. The minimum atomic E-state index is -0.274. The summed E-state index contributed by atoms with van der Waals surface area (Å²) in [7, 11) is 0. The molecular formula is C11H11FN4. The van der Waals surface area contributed by atoms with E-state index in [-0.39, 0.29) is 5.82 Å². The lowest BCUT2D eigenvalue weighted by Gasteiger charge is -2.06. The zero-order valence-electron chi connectivity index (χ0n) is 8.74. The molecule has 0 saturated heterocycles. The Morgan fingerprint density at radius 2 is 1.88 bits per heavy atom. The summed E-state index contributed by atoms with van der Waals surface area (Å²) in [5.41, 5.74) is 6.34. The molecule has 0 unspecified atom stereocenters. The molecule has 2 aromatic rings. The van der Waals surface area contributed by atoms with Crippen molar-refractivity contribution in [1.82, 2.24) is 9.97 Å². The lowest BCUT2D eigenvalue weighted by Crippen LogP contribution is -2.00. The van der Waals surface area contributed by atoms with Crippen molar-refractivity contribution in [3.63, 3.8) is 0 Å². The van der Waals surface area contributed by atoms with Crippen molar-refractivity contribution in [3.8, 4) is 0 Å². The van der Waals surface area contributed by atoms with Gasteiger partial charge in [0.1, 0.15) is 23.3 Å². The maximum absolute atomic E-state index is 12.7. The van der Waals surface area contributed by atoms with Crippen LogP contribution in [0.2, 0.25) is 0 Å². The van der Waals surface area contributed by atoms with Crippen molar-refractivity contribution in [3.05, 3.63) is 42.0 Å². The first-order valence-electron chi connectivity index (χ1n) is 4.77. The van der Waals surface area contributed by atoms with Crippen LogP contribution in [0.4, 0.5) is 21.7 Å². The molecule has 1 aromatic carbocycles. The molecule has 1 heterocycles. The molecule has 0 spiro atoms. The van der Waals surface area contributed by atoms with Gasteiger partial charge in [0, 0.05) is 11.8 Å². The Hall–Kier alpha value is -2.17.